The zero-order valence-corrected chi connectivity index (χ0v) is 50.1. The zero-order valence-electron chi connectivity index (χ0n) is 50.1. The molecule has 0 fully saturated rings. The van der Waals surface area contributed by atoms with Crippen molar-refractivity contribution >= 4 is 32.6 Å². The van der Waals surface area contributed by atoms with Gasteiger partial charge in [0.2, 0.25) is 6.33 Å². The van der Waals surface area contributed by atoms with Crippen molar-refractivity contribution in [1.82, 2.24) is 14.5 Å². The number of fused-ring (bicyclic) bond motifs is 3. The molecule has 0 saturated carbocycles. The SMILES string of the molecule is CC.CC.CC.CC.CC.CC.CC.CC.Cc1c[nH+]c[nH]1.Cc1c[nH]c2ccccc12.Cc1ccc(-c2ccccc2)cc1.Cc1ccccc1.Cc1cn(C)c2ccccc12.c1ccc2ccccc2c1. The van der Waals surface area contributed by atoms with Gasteiger partial charge >= 0.3 is 0 Å². The van der Waals surface area contributed by atoms with E-state index in [1.165, 1.54) is 66.0 Å². The molecule has 10 aromatic rings. The van der Waals surface area contributed by atoms with Crippen molar-refractivity contribution in [3.8, 4) is 11.1 Å². The topological polar surface area (TPSA) is 50.6 Å². The minimum Gasteiger partial charge on any atom is -0.361 e. The fraction of sp³-hybridized carbons (Fsp3) is 0.319. The number of aryl methyl sites for hydroxylation is 6. The number of H-pyrrole nitrogens is 3. The van der Waals surface area contributed by atoms with E-state index in [0.29, 0.717) is 0 Å². The second-order valence-corrected chi connectivity index (χ2v) is 14.0. The minimum atomic E-state index is 1.16. The van der Waals surface area contributed by atoms with E-state index < -0.39 is 0 Å². The molecular formula is C69H103N4+. The summed E-state index contributed by atoms with van der Waals surface area (Å²) >= 11 is 0. The Kier molecular flexibility index (Phi) is 51.2. The van der Waals surface area contributed by atoms with Gasteiger partial charge in [-0.05, 0) is 72.9 Å². The van der Waals surface area contributed by atoms with Gasteiger partial charge in [-0.3, -0.25) is 4.98 Å². The summed E-state index contributed by atoms with van der Waals surface area (Å²) in [5.41, 5.74) is 11.6. The third-order valence-electron chi connectivity index (χ3n) is 9.33. The summed E-state index contributed by atoms with van der Waals surface area (Å²) in [5, 5.41) is 5.30. The van der Waals surface area contributed by atoms with E-state index in [-0.39, 0.29) is 0 Å². The molecule has 0 aliphatic heterocycles. The lowest BCUT2D eigenvalue weighted by atomic mass is 10.0. The molecule has 0 unspecified atom stereocenters. The van der Waals surface area contributed by atoms with Crippen LogP contribution in [-0.4, -0.2) is 14.5 Å². The highest BCUT2D eigenvalue weighted by Crippen LogP contribution is 2.20. The lowest BCUT2D eigenvalue weighted by Gasteiger charge is -2.00. The zero-order chi connectivity index (χ0) is 56.2. The maximum absolute atomic E-state index is 3.19. The summed E-state index contributed by atoms with van der Waals surface area (Å²) in [5.74, 6) is 0. The Hall–Kier alpha value is -6.91. The van der Waals surface area contributed by atoms with Crippen LogP contribution < -0.4 is 4.98 Å². The Morgan fingerprint density at radius 3 is 1.12 bits per heavy atom. The molecule has 4 nitrogen and oxygen atoms in total. The summed E-state index contributed by atoms with van der Waals surface area (Å²) in [6.07, 6.45) is 7.88. The lowest BCUT2D eigenvalue weighted by molar-refractivity contribution is -0.376. The van der Waals surface area contributed by atoms with E-state index in [1.807, 2.05) is 160 Å². The molecule has 0 radical (unpaired) electrons. The highest BCUT2D eigenvalue weighted by molar-refractivity contribution is 5.84. The lowest BCUT2D eigenvalue weighted by Crippen LogP contribution is -1.88. The highest BCUT2D eigenvalue weighted by Gasteiger charge is 1.99. The number of imidazole rings is 1. The van der Waals surface area contributed by atoms with Crippen molar-refractivity contribution in [2.45, 2.75) is 145 Å². The van der Waals surface area contributed by atoms with Crippen LogP contribution >= 0.6 is 0 Å². The molecule has 7 aromatic carbocycles. The summed E-state index contributed by atoms with van der Waals surface area (Å²) < 4.78 is 2.16. The smallest absolute Gasteiger partial charge is 0.239 e. The Morgan fingerprint density at radius 2 is 0.740 bits per heavy atom. The first-order valence-corrected chi connectivity index (χ1v) is 27.4. The number of nitrogens with one attached hydrogen (secondary N) is 3. The molecule has 3 aromatic heterocycles. The second kappa shape index (κ2) is 51.4. The molecule has 3 N–H and O–H groups in total. The molecule has 0 aliphatic carbocycles. The molecule has 398 valence electrons. The number of aromatic amines is 3. The fourth-order valence-electron chi connectivity index (χ4n) is 6.17. The number of hydrogen-bond acceptors (Lipinski definition) is 0. The largest absolute Gasteiger partial charge is 0.361 e. The molecule has 0 spiro atoms. The van der Waals surface area contributed by atoms with Crippen molar-refractivity contribution in [3.63, 3.8) is 0 Å². The van der Waals surface area contributed by atoms with Crippen molar-refractivity contribution in [3.05, 3.63) is 235 Å². The highest BCUT2D eigenvalue weighted by atomic mass is 14.9. The van der Waals surface area contributed by atoms with E-state index in [0.717, 1.165) is 5.69 Å². The van der Waals surface area contributed by atoms with Crippen LogP contribution in [0.2, 0.25) is 0 Å². The van der Waals surface area contributed by atoms with E-state index in [2.05, 4.69) is 212 Å². The van der Waals surface area contributed by atoms with Gasteiger partial charge in [0, 0.05) is 48.2 Å². The van der Waals surface area contributed by atoms with E-state index in [4.69, 9.17) is 0 Å². The van der Waals surface area contributed by atoms with E-state index in [9.17, 15) is 0 Å². The maximum Gasteiger partial charge on any atom is 0.239 e. The molecule has 0 atom stereocenters. The number of nitrogens with zero attached hydrogens (tertiary/aromatic N) is 1. The van der Waals surface area contributed by atoms with Crippen LogP contribution in [0.5, 0.6) is 0 Å². The third kappa shape index (κ3) is 31.2. The van der Waals surface area contributed by atoms with Crippen molar-refractivity contribution in [2.75, 3.05) is 0 Å². The fourth-order valence-corrected chi connectivity index (χ4v) is 6.17. The van der Waals surface area contributed by atoms with E-state index in [1.54, 1.807) is 6.33 Å². The van der Waals surface area contributed by atoms with Gasteiger partial charge in [-0.2, -0.15) is 0 Å². The van der Waals surface area contributed by atoms with Gasteiger partial charge in [-0.1, -0.05) is 292 Å². The predicted molar refractivity (Wildman–Crippen MR) is 335 cm³/mol. The molecular weight excluding hydrogens is 885 g/mol. The number of hydrogen-bond donors (Lipinski definition) is 2. The molecule has 4 heteroatoms. The van der Waals surface area contributed by atoms with Crippen LogP contribution in [-0.2, 0) is 7.05 Å². The Bertz CT molecular complexity index is 2520. The number of benzene rings is 7. The first kappa shape index (κ1) is 72.6. The predicted octanol–water partition coefficient (Wildman–Crippen LogP) is 21.8. The Morgan fingerprint density at radius 1 is 0.356 bits per heavy atom. The number of aromatic nitrogens is 4. The van der Waals surface area contributed by atoms with E-state index >= 15 is 0 Å². The standard InChI is InChI=1S/C13H12.C10H11N.C10H8.C9H9N.C7H8.C4H6N2.8C2H6/c1-11-7-9-13(10-8-11)12-5-3-2-4-6-12;1-8-7-11(2)10-6-4-3-5-9(8)10;1-2-6-10-8-4-3-7-9(10)5-1;1-7-6-10-9-5-3-2-4-8(7)9;1-7-5-3-2-4-6-7;1-4-2-5-3-6-4;8*1-2/h2-10H,1H3;3-7H,1-2H3;1-8H;2-6,10H,1H3;2-6H,1H3;2-3H,1H3,(H,5,6);8*1-2H3/p+1. The monoisotopic (exact) mass is 988 g/mol. The van der Waals surface area contributed by atoms with Crippen LogP contribution in [0.3, 0.4) is 0 Å². The van der Waals surface area contributed by atoms with Crippen LogP contribution in [0.25, 0.3) is 43.7 Å². The average Bonchev–Trinajstić information content (AvgIpc) is 4.22. The quantitative estimate of drug-likeness (QED) is 0.165. The second-order valence-electron chi connectivity index (χ2n) is 14.0. The van der Waals surface area contributed by atoms with Gasteiger partial charge in [0.1, 0.15) is 11.9 Å². The van der Waals surface area contributed by atoms with Crippen molar-refractivity contribution in [1.29, 1.82) is 0 Å². The number of rotatable bonds is 1. The number of para-hydroxylation sites is 2. The average molecular weight is 989 g/mol. The van der Waals surface area contributed by atoms with Crippen molar-refractivity contribution < 1.29 is 4.98 Å². The summed E-state index contributed by atoms with van der Waals surface area (Å²) in [6, 6.07) is 62.8. The van der Waals surface area contributed by atoms with Gasteiger partial charge in [0.05, 0.1) is 0 Å². The minimum absolute atomic E-state index is 1.16. The Labute approximate surface area is 448 Å². The maximum atomic E-state index is 3.19. The molecule has 73 heavy (non-hydrogen) atoms. The summed E-state index contributed by atoms with van der Waals surface area (Å²) in [4.78, 5) is 9.01. The molecule has 10 rings (SSSR count). The van der Waals surface area contributed by atoms with Crippen LogP contribution in [0, 0.1) is 34.6 Å². The Balaban J connectivity index is -0.000000374. The first-order valence-electron chi connectivity index (χ1n) is 27.4. The van der Waals surface area contributed by atoms with Gasteiger partial charge in [-0.15, -0.1) is 0 Å². The van der Waals surface area contributed by atoms with Crippen LogP contribution in [0.1, 0.15) is 139 Å². The van der Waals surface area contributed by atoms with Gasteiger partial charge in [-0.25, -0.2) is 4.98 Å². The normalized spacial score (nSPS) is 8.41. The van der Waals surface area contributed by atoms with Crippen LogP contribution in [0.4, 0.5) is 0 Å². The summed E-state index contributed by atoms with van der Waals surface area (Å²) in [7, 11) is 2.08. The molecule has 3 heterocycles. The van der Waals surface area contributed by atoms with Gasteiger partial charge in [0.15, 0.2) is 0 Å². The van der Waals surface area contributed by atoms with Gasteiger partial charge < -0.3 is 9.55 Å². The third-order valence-corrected chi connectivity index (χ3v) is 9.33. The van der Waals surface area contributed by atoms with Crippen molar-refractivity contribution in [2.24, 2.45) is 7.05 Å². The first-order chi connectivity index (χ1) is 35.8. The van der Waals surface area contributed by atoms with Gasteiger partial charge in [0.25, 0.3) is 0 Å². The summed E-state index contributed by atoms with van der Waals surface area (Å²) in [6.45, 7) is 42.4. The molecule has 0 amide bonds. The molecule has 0 bridgehead atoms. The molecule has 0 saturated heterocycles. The van der Waals surface area contributed by atoms with Crippen LogP contribution in [0.15, 0.2) is 207 Å². The molecule has 0 aliphatic rings.